The van der Waals surface area contributed by atoms with E-state index in [0.29, 0.717) is 11.4 Å². The number of nitrogens with zero attached hydrogens (tertiary/aromatic N) is 2. The topological polar surface area (TPSA) is 113 Å². The van der Waals surface area contributed by atoms with Crippen molar-refractivity contribution < 1.29 is 14.5 Å². The smallest absolute Gasteiger partial charge is 0.384 e. The lowest BCUT2D eigenvalue weighted by Crippen LogP contribution is -2.38. The van der Waals surface area contributed by atoms with Gasteiger partial charge >= 0.3 is 5.97 Å². The molecular formula is C19H20N4O4. The summed E-state index contributed by atoms with van der Waals surface area (Å²) in [5, 5.41) is 0.798. The fourth-order valence-electron chi connectivity index (χ4n) is 2.56. The first-order valence-corrected chi connectivity index (χ1v) is 8.39. The average molecular weight is 368 g/mol. The third-order valence-corrected chi connectivity index (χ3v) is 3.91. The lowest BCUT2D eigenvalue weighted by molar-refractivity contribution is -0.0861. The molecule has 0 unspecified atom stereocenters. The molecule has 1 aliphatic rings. The number of pyridine rings is 1. The number of allylic oxidation sites excluding steroid dienone is 2. The molecule has 0 bridgehead atoms. The minimum atomic E-state index is -0.845. The van der Waals surface area contributed by atoms with E-state index >= 15 is 0 Å². The van der Waals surface area contributed by atoms with Gasteiger partial charge in [-0.15, -0.1) is 9.90 Å². The van der Waals surface area contributed by atoms with Gasteiger partial charge in [-0.3, -0.25) is 4.79 Å². The van der Waals surface area contributed by atoms with E-state index in [-0.39, 0.29) is 12.3 Å². The van der Waals surface area contributed by atoms with Crippen LogP contribution < -0.4 is 22.0 Å². The second-order valence-corrected chi connectivity index (χ2v) is 5.83. The number of benzene rings is 1. The van der Waals surface area contributed by atoms with Crippen LogP contribution in [0.15, 0.2) is 76.9 Å². The standard InChI is InChI=1S/C19H20N4O4/c20-15-9-4-5-10-16(15)23(21)27-19(25)17-11-6-12-18(24)22(17)26-13-14-7-2-1-3-8-14/h1-3,6-12H,4-5,13,20-21H2. The second kappa shape index (κ2) is 8.24. The van der Waals surface area contributed by atoms with E-state index in [1.807, 2.05) is 30.3 Å². The SMILES string of the molecule is NC1=CCCC=C1N(N)OC(=O)c1cccc(=O)n1OCc1ccccc1. The van der Waals surface area contributed by atoms with Crippen molar-refractivity contribution in [2.75, 3.05) is 0 Å². The van der Waals surface area contributed by atoms with Crippen LogP contribution in [0.1, 0.15) is 28.9 Å². The van der Waals surface area contributed by atoms with Crippen LogP contribution in [-0.4, -0.2) is 15.9 Å². The van der Waals surface area contributed by atoms with Gasteiger partial charge in [0.05, 0.1) is 5.70 Å². The van der Waals surface area contributed by atoms with E-state index in [1.165, 1.54) is 18.2 Å². The maximum atomic E-state index is 12.5. The molecule has 8 heteroatoms. The van der Waals surface area contributed by atoms with E-state index < -0.39 is 11.5 Å². The molecule has 1 aromatic heterocycles. The van der Waals surface area contributed by atoms with Gasteiger partial charge in [0.2, 0.25) is 0 Å². The Morgan fingerprint density at radius 3 is 2.56 bits per heavy atom. The molecule has 0 atom stereocenters. The van der Waals surface area contributed by atoms with Crippen LogP contribution in [0.25, 0.3) is 0 Å². The van der Waals surface area contributed by atoms with Crippen LogP contribution in [0.2, 0.25) is 0 Å². The highest BCUT2D eigenvalue weighted by Crippen LogP contribution is 2.17. The number of hydroxylamine groups is 1. The van der Waals surface area contributed by atoms with E-state index in [0.717, 1.165) is 28.3 Å². The van der Waals surface area contributed by atoms with Crippen molar-refractivity contribution in [3.05, 3.63) is 93.7 Å². The number of hydrogen-bond donors (Lipinski definition) is 2. The number of aromatic nitrogens is 1. The van der Waals surface area contributed by atoms with E-state index in [4.69, 9.17) is 21.3 Å². The van der Waals surface area contributed by atoms with Gasteiger partial charge in [-0.25, -0.2) is 10.6 Å². The number of hydrogen-bond acceptors (Lipinski definition) is 7. The molecule has 2 aromatic rings. The van der Waals surface area contributed by atoms with Gasteiger partial charge in [0, 0.05) is 6.07 Å². The predicted molar refractivity (Wildman–Crippen MR) is 98.5 cm³/mol. The zero-order chi connectivity index (χ0) is 19.2. The second-order valence-electron chi connectivity index (χ2n) is 5.83. The summed E-state index contributed by atoms with van der Waals surface area (Å²) in [5.41, 5.74) is 6.93. The van der Waals surface area contributed by atoms with E-state index in [2.05, 4.69) is 0 Å². The maximum Gasteiger partial charge on any atom is 0.384 e. The summed E-state index contributed by atoms with van der Waals surface area (Å²) in [5.74, 6) is 4.96. The lowest BCUT2D eigenvalue weighted by Gasteiger charge is -2.23. The van der Waals surface area contributed by atoms with Crippen LogP contribution in [-0.2, 0) is 11.4 Å². The number of carbonyl (C=O) groups is 1. The summed E-state index contributed by atoms with van der Waals surface area (Å²) in [6.45, 7) is 0.109. The van der Waals surface area contributed by atoms with Crippen LogP contribution in [0.3, 0.4) is 0 Å². The molecule has 0 fully saturated rings. The highest BCUT2D eigenvalue weighted by atomic mass is 16.7. The largest absolute Gasteiger partial charge is 0.405 e. The predicted octanol–water partition coefficient (Wildman–Crippen LogP) is 1.24. The van der Waals surface area contributed by atoms with Crippen LogP contribution in [0.4, 0.5) is 0 Å². The lowest BCUT2D eigenvalue weighted by atomic mass is 10.1. The highest BCUT2D eigenvalue weighted by Gasteiger charge is 2.21. The first-order valence-electron chi connectivity index (χ1n) is 8.39. The fourth-order valence-corrected chi connectivity index (χ4v) is 2.56. The molecule has 3 rings (SSSR count). The maximum absolute atomic E-state index is 12.5. The van der Waals surface area contributed by atoms with Gasteiger partial charge in [0.25, 0.3) is 5.56 Å². The Hall–Kier alpha value is -3.52. The molecule has 0 saturated carbocycles. The normalized spacial score (nSPS) is 13.4. The van der Waals surface area contributed by atoms with Crippen molar-refractivity contribution in [3.63, 3.8) is 0 Å². The summed E-state index contributed by atoms with van der Waals surface area (Å²) in [7, 11) is 0. The highest BCUT2D eigenvalue weighted by molar-refractivity contribution is 5.87. The zero-order valence-electron chi connectivity index (χ0n) is 14.6. The summed E-state index contributed by atoms with van der Waals surface area (Å²) in [4.78, 5) is 35.3. The molecule has 0 saturated heterocycles. The Labute approximate surface area is 155 Å². The minimum absolute atomic E-state index is 0.0900. The molecule has 4 N–H and O–H groups in total. The van der Waals surface area contributed by atoms with Crippen molar-refractivity contribution >= 4 is 5.97 Å². The Morgan fingerprint density at radius 2 is 1.81 bits per heavy atom. The van der Waals surface area contributed by atoms with Crippen LogP contribution in [0.5, 0.6) is 0 Å². The molecule has 0 spiro atoms. The number of carbonyl (C=O) groups excluding carboxylic acids is 1. The zero-order valence-corrected chi connectivity index (χ0v) is 14.6. The average Bonchev–Trinajstić information content (AvgIpc) is 2.68. The molecule has 0 amide bonds. The van der Waals surface area contributed by atoms with Crippen LogP contribution in [0, 0.1) is 0 Å². The van der Waals surface area contributed by atoms with Gasteiger partial charge in [-0.05, 0) is 24.5 Å². The summed E-state index contributed by atoms with van der Waals surface area (Å²) in [6.07, 6.45) is 5.09. The fraction of sp³-hybridized carbons (Fsp3) is 0.158. The van der Waals surface area contributed by atoms with Crippen LogP contribution >= 0.6 is 0 Å². The van der Waals surface area contributed by atoms with Crippen molar-refractivity contribution in [2.45, 2.75) is 19.4 Å². The summed E-state index contributed by atoms with van der Waals surface area (Å²) < 4.78 is 0.887. The van der Waals surface area contributed by atoms with Gasteiger partial charge in [-0.1, -0.05) is 48.6 Å². The Balaban J connectivity index is 1.76. The van der Waals surface area contributed by atoms with Gasteiger partial charge in [-0.2, -0.15) is 0 Å². The van der Waals surface area contributed by atoms with Crippen molar-refractivity contribution in [2.24, 2.45) is 11.6 Å². The van der Waals surface area contributed by atoms with Gasteiger partial charge < -0.3 is 15.4 Å². The van der Waals surface area contributed by atoms with Crippen molar-refractivity contribution in [3.8, 4) is 0 Å². The third kappa shape index (κ3) is 4.36. The first-order chi connectivity index (χ1) is 13.1. The quantitative estimate of drug-likeness (QED) is 0.583. The Bertz CT molecular complexity index is 934. The molecule has 1 heterocycles. The van der Waals surface area contributed by atoms with Gasteiger partial charge in [0.15, 0.2) is 5.69 Å². The molecule has 1 aliphatic carbocycles. The molecule has 0 aliphatic heterocycles. The number of rotatable bonds is 6. The van der Waals surface area contributed by atoms with Crippen molar-refractivity contribution in [1.82, 2.24) is 9.90 Å². The summed E-state index contributed by atoms with van der Waals surface area (Å²) >= 11 is 0. The Morgan fingerprint density at radius 1 is 1.07 bits per heavy atom. The van der Waals surface area contributed by atoms with Gasteiger partial charge in [0.1, 0.15) is 12.3 Å². The first kappa shape index (κ1) is 18.3. The molecule has 8 nitrogen and oxygen atoms in total. The third-order valence-electron chi connectivity index (χ3n) is 3.91. The minimum Gasteiger partial charge on any atom is -0.405 e. The number of nitrogens with two attached hydrogens (primary N) is 2. The summed E-state index contributed by atoms with van der Waals surface area (Å²) in [6, 6.07) is 13.4. The molecule has 0 radical (unpaired) electrons. The monoisotopic (exact) mass is 368 g/mol. The molecular weight excluding hydrogens is 348 g/mol. The molecule has 140 valence electrons. The Kier molecular flexibility index (Phi) is 5.58. The van der Waals surface area contributed by atoms with E-state index in [9.17, 15) is 9.59 Å². The molecule has 1 aromatic carbocycles. The number of hydrazine groups is 1. The van der Waals surface area contributed by atoms with E-state index in [1.54, 1.807) is 12.2 Å². The van der Waals surface area contributed by atoms with Crippen molar-refractivity contribution in [1.29, 1.82) is 0 Å². The molecule has 27 heavy (non-hydrogen) atoms.